The van der Waals surface area contributed by atoms with Gasteiger partial charge in [0.1, 0.15) is 11.6 Å². The lowest BCUT2D eigenvalue weighted by Gasteiger charge is -2.37. The lowest BCUT2D eigenvalue weighted by atomic mass is 10.1. The normalized spacial score (nSPS) is 15.8. The van der Waals surface area contributed by atoms with Gasteiger partial charge in [-0.3, -0.25) is 9.80 Å². The monoisotopic (exact) mass is 527 g/mol. The predicted octanol–water partition coefficient (Wildman–Crippen LogP) is 5.12. The molecule has 0 bridgehead atoms. The Morgan fingerprint density at radius 2 is 1.85 bits per heavy atom. The zero-order valence-electron chi connectivity index (χ0n) is 23.3. The smallest absolute Gasteiger partial charge is 0.330 e. The first-order valence-corrected chi connectivity index (χ1v) is 13.5. The van der Waals surface area contributed by atoms with Gasteiger partial charge in [-0.05, 0) is 51.1 Å². The molecule has 9 nitrogen and oxygen atoms in total. The number of nitrogens with one attached hydrogen (secondary N) is 1. The molecule has 39 heavy (non-hydrogen) atoms. The third-order valence-electron chi connectivity index (χ3n) is 7.27. The number of carbonyl (C=O) groups excluding carboxylic acids is 1. The van der Waals surface area contributed by atoms with Crippen LogP contribution in [0.5, 0.6) is 5.75 Å². The van der Waals surface area contributed by atoms with E-state index in [1.165, 1.54) is 0 Å². The molecule has 204 valence electrons. The van der Waals surface area contributed by atoms with E-state index in [4.69, 9.17) is 9.72 Å². The number of hydrogen-bond donors (Lipinski definition) is 1. The SMILES string of the molecule is C=CCN1C(=O)N(c2c(C)cccc2C)Cc2cnc(Nc3ccc(N4CCN(C)CC4)c(OCC)c3)nc21. The van der Waals surface area contributed by atoms with E-state index in [1.54, 1.807) is 22.1 Å². The Balaban J connectivity index is 1.43. The molecule has 1 fully saturated rings. The van der Waals surface area contributed by atoms with E-state index >= 15 is 0 Å². The summed E-state index contributed by atoms with van der Waals surface area (Å²) in [6.45, 7) is 15.2. The first-order valence-electron chi connectivity index (χ1n) is 13.5. The number of aromatic nitrogens is 2. The fourth-order valence-electron chi connectivity index (χ4n) is 5.28. The molecular weight excluding hydrogens is 490 g/mol. The van der Waals surface area contributed by atoms with E-state index in [2.05, 4.69) is 39.8 Å². The summed E-state index contributed by atoms with van der Waals surface area (Å²) in [5.41, 5.74) is 5.82. The number of hydrogen-bond acceptors (Lipinski definition) is 7. The molecule has 1 N–H and O–H groups in total. The summed E-state index contributed by atoms with van der Waals surface area (Å²) in [7, 11) is 2.15. The molecule has 2 amide bonds. The van der Waals surface area contributed by atoms with Crippen LogP contribution in [0.4, 0.5) is 33.6 Å². The Hall–Kier alpha value is -4.11. The van der Waals surface area contributed by atoms with Crippen molar-refractivity contribution in [2.75, 3.05) is 66.4 Å². The summed E-state index contributed by atoms with van der Waals surface area (Å²) < 4.78 is 6.02. The number of aryl methyl sites for hydroxylation is 2. The first-order chi connectivity index (χ1) is 18.9. The molecular formula is C30H37N7O2. The maximum absolute atomic E-state index is 13.7. The minimum atomic E-state index is -0.125. The van der Waals surface area contributed by atoms with Crippen LogP contribution in [0.2, 0.25) is 0 Å². The Morgan fingerprint density at radius 1 is 1.10 bits per heavy atom. The number of nitrogens with zero attached hydrogens (tertiary/aromatic N) is 6. The number of ether oxygens (including phenoxy) is 1. The number of anilines is 5. The topological polar surface area (TPSA) is 77.1 Å². The molecule has 2 aliphatic rings. The molecule has 3 heterocycles. The number of rotatable bonds is 8. The fraction of sp³-hybridized carbons (Fsp3) is 0.367. The summed E-state index contributed by atoms with van der Waals surface area (Å²) in [5, 5.41) is 3.32. The van der Waals surface area contributed by atoms with Crippen molar-refractivity contribution in [1.82, 2.24) is 14.9 Å². The van der Waals surface area contributed by atoms with E-state index in [0.717, 1.165) is 65.7 Å². The third-order valence-corrected chi connectivity index (χ3v) is 7.27. The Kier molecular flexibility index (Phi) is 7.70. The highest BCUT2D eigenvalue weighted by Crippen LogP contribution is 2.36. The van der Waals surface area contributed by atoms with Crippen molar-refractivity contribution in [2.24, 2.45) is 0 Å². The Bertz CT molecular complexity index is 1350. The average Bonchev–Trinajstić information content (AvgIpc) is 2.92. The molecule has 9 heteroatoms. The zero-order valence-corrected chi connectivity index (χ0v) is 23.3. The van der Waals surface area contributed by atoms with Crippen LogP contribution in [0.3, 0.4) is 0 Å². The molecule has 2 aliphatic heterocycles. The van der Waals surface area contributed by atoms with Gasteiger partial charge in [0, 0.05) is 56.2 Å². The van der Waals surface area contributed by atoms with Gasteiger partial charge in [0.15, 0.2) is 0 Å². The predicted molar refractivity (Wildman–Crippen MR) is 158 cm³/mol. The number of benzene rings is 2. The second-order valence-electron chi connectivity index (χ2n) is 10.1. The summed E-state index contributed by atoms with van der Waals surface area (Å²) in [6.07, 6.45) is 3.52. The van der Waals surface area contributed by atoms with Crippen molar-refractivity contribution < 1.29 is 9.53 Å². The minimum Gasteiger partial charge on any atom is -0.492 e. The van der Waals surface area contributed by atoms with Crippen molar-refractivity contribution in [3.05, 3.63) is 71.9 Å². The third kappa shape index (κ3) is 5.40. The van der Waals surface area contributed by atoms with E-state index < -0.39 is 0 Å². The van der Waals surface area contributed by atoms with Gasteiger partial charge in [-0.2, -0.15) is 4.98 Å². The Morgan fingerprint density at radius 3 is 2.54 bits per heavy atom. The van der Waals surface area contributed by atoms with Crippen LogP contribution >= 0.6 is 0 Å². The summed E-state index contributed by atoms with van der Waals surface area (Å²) in [6, 6.07) is 12.0. The van der Waals surface area contributed by atoms with Crippen LogP contribution in [0.15, 0.2) is 55.3 Å². The number of para-hydroxylation sites is 1. The largest absolute Gasteiger partial charge is 0.492 e. The highest BCUT2D eigenvalue weighted by Gasteiger charge is 2.33. The molecule has 3 aromatic rings. The lowest BCUT2D eigenvalue weighted by Crippen LogP contribution is -2.48. The molecule has 0 saturated carbocycles. The number of fused-ring (bicyclic) bond motifs is 1. The summed E-state index contributed by atoms with van der Waals surface area (Å²) >= 11 is 0. The van der Waals surface area contributed by atoms with Crippen molar-refractivity contribution >= 4 is 34.9 Å². The number of piperazine rings is 1. The van der Waals surface area contributed by atoms with Gasteiger partial charge in [0.2, 0.25) is 5.95 Å². The molecule has 0 unspecified atom stereocenters. The average molecular weight is 528 g/mol. The molecule has 0 spiro atoms. The van der Waals surface area contributed by atoms with E-state index in [0.29, 0.717) is 31.5 Å². The van der Waals surface area contributed by atoms with Crippen molar-refractivity contribution in [3.63, 3.8) is 0 Å². The molecule has 1 aromatic heterocycles. The van der Waals surface area contributed by atoms with Crippen LogP contribution in [0, 0.1) is 13.8 Å². The van der Waals surface area contributed by atoms with Crippen LogP contribution in [0.1, 0.15) is 23.6 Å². The molecule has 0 atom stereocenters. The van der Waals surface area contributed by atoms with E-state index in [-0.39, 0.29) is 6.03 Å². The first kappa shape index (κ1) is 26.5. The van der Waals surface area contributed by atoms with Gasteiger partial charge in [-0.15, -0.1) is 6.58 Å². The summed E-state index contributed by atoms with van der Waals surface area (Å²) in [4.78, 5) is 31.2. The van der Waals surface area contributed by atoms with E-state index in [9.17, 15) is 4.79 Å². The standard InChI is InChI=1S/C30H37N7O2/c1-6-13-36-28-23(20-37(30(36)38)27-21(3)9-8-10-22(27)4)19-31-29(33-28)32-24-11-12-25(26(18-24)39-7-2)35-16-14-34(5)15-17-35/h6,8-12,18-19H,1,7,13-17,20H2,2-5H3,(H,31,32,33). The molecule has 1 saturated heterocycles. The Labute approximate surface area is 230 Å². The summed E-state index contributed by atoms with van der Waals surface area (Å²) in [5.74, 6) is 1.85. The van der Waals surface area contributed by atoms with Crippen molar-refractivity contribution in [2.45, 2.75) is 27.3 Å². The van der Waals surface area contributed by atoms with E-state index in [1.807, 2.05) is 51.1 Å². The number of carbonyl (C=O) groups is 1. The highest BCUT2D eigenvalue weighted by atomic mass is 16.5. The zero-order chi connectivity index (χ0) is 27.5. The number of amides is 2. The van der Waals surface area contributed by atoms with Crippen molar-refractivity contribution in [1.29, 1.82) is 0 Å². The van der Waals surface area contributed by atoms with Gasteiger partial charge < -0.3 is 19.9 Å². The van der Waals surface area contributed by atoms with Crippen LogP contribution in [-0.2, 0) is 6.54 Å². The van der Waals surface area contributed by atoms with Gasteiger partial charge in [-0.25, -0.2) is 9.78 Å². The van der Waals surface area contributed by atoms with Crippen molar-refractivity contribution in [3.8, 4) is 5.75 Å². The molecule has 0 aliphatic carbocycles. The van der Waals surface area contributed by atoms with Gasteiger partial charge in [-0.1, -0.05) is 24.3 Å². The maximum Gasteiger partial charge on any atom is 0.330 e. The van der Waals surface area contributed by atoms with Gasteiger partial charge >= 0.3 is 6.03 Å². The molecule has 0 radical (unpaired) electrons. The maximum atomic E-state index is 13.7. The minimum absolute atomic E-state index is 0.125. The number of likely N-dealkylation sites (N-methyl/N-ethyl adjacent to an activating group) is 1. The molecule has 5 rings (SSSR count). The quantitative estimate of drug-likeness (QED) is 0.408. The van der Waals surface area contributed by atoms with Gasteiger partial charge in [0.25, 0.3) is 0 Å². The second kappa shape index (κ2) is 11.3. The highest BCUT2D eigenvalue weighted by molar-refractivity contribution is 6.06. The number of urea groups is 1. The molecule has 2 aromatic carbocycles. The van der Waals surface area contributed by atoms with Crippen LogP contribution in [0.25, 0.3) is 0 Å². The lowest BCUT2D eigenvalue weighted by molar-refractivity contribution is 0.250. The van der Waals surface area contributed by atoms with Crippen LogP contribution in [-0.4, -0.2) is 67.3 Å². The van der Waals surface area contributed by atoms with Gasteiger partial charge in [0.05, 0.1) is 24.5 Å². The second-order valence-corrected chi connectivity index (χ2v) is 10.1. The van der Waals surface area contributed by atoms with Crippen LogP contribution < -0.4 is 24.8 Å². The fourth-order valence-corrected chi connectivity index (χ4v) is 5.28.